The van der Waals surface area contributed by atoms with Crippen LogP contribution in [0.1, 0.15) is 6.42 Å². The number of primary amides is 1. The van der Waals surface area contributed by atoms with Crippen molar-refractivity contribution in [2.75, 3.05) is 11.4 Å². The van der Waals surface area contributed by atoms with Crippen molar-refractivity contribution >= 4 is 40.2 Å². The molecule has 2 heterocycles. The Kier molecular flexibility index (Phi) is 3.69. The molecule has 2 aromatic carbocycles. The van der Waals surface area contributed by atoms with Crippen LogP contribution in [0.4, 0.5) is 5.69 Å². The third kappa shape index (κ3) is 2.74. The van der Waals surface area contributed by atoms with Crippen molar-refractivity contribution < 1.29 is 14.0 Å². The number of nitrogens with two attached hydrogens (primary N) is 1. The quantitative estimate of drug-likeness (QED) is 0.782. The first-order valence-electron chi connectivity index (χ1n) is 7.78. The van der Waals surface area contributed by atoms with E-state index < -0.39 is 11.8 Å². The van der Waals surface area contributed by atoms with Crippen molar-refractivity contribution in [3.8, 4) is 11.5 Å². The van der Waals surface area contributed by atoms with E-state index in [1.807, 2.05) is 24.3 Å². The second-order valence-electron chi connectivity index (χ2n) is 5.96. The number of anilines is 1. The molecule has 0 bridgehead atoms. The van der Waals surface area contributed by atoms with Gasteiger partial charge in [-0.1, -0.05) is 23.7 Å². The van der Waals surface area contributed by atoms with Crippen LogP contribution in [0.2, 0.25) is 5.02 Å². The minimum Gasteiger partial charge on any atom is -0.436 e. The molecule has 3 aromatic rings. The maximum Gasteiger partial charge on any atom is 0.228 e. The second kappa shape index (κ2) is 5.89. The Labute approximate surface area is 148 Å². The van der Waals surface area contributed by atoms with Gasteiger partial charge in [-0.15, -0.1) is 0 Å². The zero-order chi connectivity index (χ0) is 17.6. The van der Waals surface area contributed by atoms with Crippen LogP contribution in [0.5, 0.6) is 0 Å². The summed E-state index contributed by atoms with van der Waals surface area (Å²) in [4.78, 5) is 29.6. The monoisotopic (exact) mass is 355 g/mol. The first-order chi connectivity index (χ1) is 12.0. The van der Waals surface area contributed by atoms with Crippen molar-refractivity contribution in [1.29, 1.82) is 0 Å². The van der Waals surface area contributed by atoms with Crippen molar-refractivity contribution in [2.45, 2.75) is 6.42 Å². The van der Waals surface area contributed by atoms with Gasteiger partial charge in [0, 0.05) is 18.7 Å². The Morgan fingerprint density at radius 2 is 2.08 bits per heavy atom. The molecule has 1 aliphatic rings. The summed E-state index contributed by atoms with van der Waals surface area (Å²) in [6, 6.07) is 12.6. The Bertz CT molecular complexity index is 965. The van der Waals surface area contributed by atoms with Crippen LogP contribution in [0.15, 0.2) is 46.9 Å². The number of aromatic nitrogens is 1. The lowest BCUT2D eigenvalue weighted by atomic mass is 10.1. The number of hydrogen-bond donors (Lipinski definition) is 1. The molecule has 0 radical (unpaired) electrons. The summed E-state index contributed by atoms with van der Waals surface area (Å²) in [5.41, 5.74) is 7.93. The van der Waals surface area contributed by atoms with Gasteiger partial charge in [0.25, 0.3) is 0 Å². The highest BCUT2D eigenvalue weighted by Gasteiger charge is 2.34. The number of para-hydroxylation sites is 2. The van der Waals surface area contributed by atoms with Crippen molar-refractivity contribution in [3.63, 3.8) is 0 Å². The highest BCUT2D eigenvalue weighted by molar-refractivity contribution is 6.33. The number of nitrogens with zero attached hydrogens (tertiary/aromatic N) is 2. The first-order valence-corrected chi connectivity index (χ1v) is 8.16. The molecule has 2 N–H and O–H groups in total. The third-order valence-corrected chi connectivity index (χ3v) is 4.64. The molecule has 2 amide bonds. The number of rotatable bonds is 3. The summed E-state index contributed by atoms with van der Waals surface area (Å²) in [6.07, 6.45) is 0.121. The van der Waals surface area contributed by atoms with Gasteiger partial charge in [-0.05, 0) is 30.3 Å². The average molecular weight is 356 g/mol. The highest BCUT2D eigenvalue weighted by Crippen LogP contribution is 2.35. The van der Waals surface area contributed by atoms with E-state index in [4.69, 9.17) is 21.8 Å². The van der Waals surface area contributed by atoms with Crippen LogP contribution in [-0.2, 0) is 9.59 Å². The van der Waals surface area contributed by atoms with E-state index in [9.17, 15) is 9.59 Å². The molecule has 1 aliphatic heterocycles. The summed E-state index contributed by atoms with van der Waals surface area (Å²) >= 11 is 6.30. The van der Waals surface area contributed by atoms with Gasteiger partial charge in [0.2, 0.25) is 17.7 Å². The SMILES string of the molecule is NC(=O)[C@@H]1CC(=O)N(c2ccc(Cl)c(-c3nc4ccccc4o3)c2)C1. The second-order valence-corrected chi connectivity index (χ2v) is 6.37. The number of benzene rings is 2. The molecular weight excluding hydrogens is 342 g/mol. The van der Waals surface area contributed by atoms with Crippen LogP contribution in [0, 0.1) is 5.92 Å². The van der Waals surface area contributed by atoms with E-state index in [1.54, 1.807) is 18.2 Å². The minimum atomic E-state index is -0.476. The number of halogens is 1. The molecule has 1 atom stereocenters. The molecule has 1 saturated heterocycles. The fourth-order valence-corrected chi connectivity index (χ4v) is 3.18. The molecule has 0 spiro atoms. The van der Waals surface area contributed by atoms with Gasteiger partial charge in [0.1, 0.15) is 5.52 Å². The van der Waals surface area contributed by atoms with Crippen LogP contribution < -0.4 is 10.6 Å². The van der Waals surface area contributed by atoms with E-state index in [0.29, 0.717) is 27.7 Å². The lowest BCUT2D eigenvalue weighted by Gasteiger charge is -2.17. The van der Waals surface area contributed by atoms with Crippen LogP contribution in [-0.4, -0.2) is 23.3 Å². The largest absolute Gasteiger partial charge is 0.436 e. The lowest BCUT2D eigenvalue weighted by molar-refractivity contribution is -0.123. The minimum absolute atomic E-state index is 0.121. The van der Waals surface area contributed by atoms with Crippen LogP contribution >= 0.6 is 11.6 Å². The van der Waals surface area contributed by atoms with E-state index in [1.165, 1.54) is 4.90 Å². The van der Waals surface area contributed by atoms with Crippen LogP contribution in [0.3, 0.4) is 0 Å². The smallest absolute Gasteiger partial charge is 0.228 e. The maximum atomic E-state index is 12.2. The molecule has 126 valence electrons. The molecule has 6 nitrogen and oxygen atoms in total. The number of carbonyl (C=O) groups is 2. The van der Waals surface area contributed by atoms with Gasteiger partial charge in [-0.25, -0.2) is 4.98 Å². The van der Waals surface area contributed by atoms with Gasteiger partial charge in [0.15, 0.2) is 5.58 Å². The lowest BCUT2D eigenvalue weighted by Crippen LogP contribution is -2.28. The Balaban J connectivity index is 1.74. The molecule has 1 aromatic heterocycles. The standard InChI is InChI=1S/C18H14ClN3O3/c19-13-6-5-11(22-9-10(17(20)24)7-16(22)23)8-12(13)18-21-14-3-1-2-4-15(14)25-18/h1-6,8,10H,7,9H2,(H2,20,24)/t10-/m1/s1. The Morgan fingerprint density at radius 3 is 2.80 bits per heavy atom. The normalized spacial score (nSPS) is 17.4. The predicted octanol–water partition coefficient (Wildman–Crippen LogP) is 2.99. The van der Waals surface area contributed by atoms with E-state index in [0.717, 1.165) is 5.52 Å². The average Bonchev–Trinajstić information content (AvgIpc) is 3.19. The van der Waals surface area contributed by atoms with Crippen molar-refractivity contribution in [3.05, 3.63) is 47.5 Å². The first kappa shape index (κ1) is 15.7. The topological polar surface area (TPSA) is 89.4 Å². The fourth-order valence-electron chi connectivity index (χ4n) is 2.98. The zero-order valence-corrected chi connectivity index (χ0v) is 13.9. The van der Waals surface area contributed by atoms with E-state index in [2.05, 4.69) is 4.98 Å². The molecule has 1 fully saturated rings. The van der Waals surface area contributed by atoms with E-state index in [-0.39, 0.29) is 18.9 Å². The number of amides is 2. The van der Waals surface area contributed by atoms with Gasteiger partial charge in [0.05, 0.1) is 16.5 Å². The van der Waals surface area contributed by atoms with Crippen molar-refractivity contribution in [1.82, 2.24) is 4.98 Å². The predicted molar refractivity (Wildman–Crippen MR) is 94.1 cm³/mol. The summed E-state index contributed by atoms with van der Waals surface area (Å²) in [5.74, 6) is -0.708. The summed E-state index contributed by atoms with van der Waals surface area (Å²) < 4.78 is 5.77. The maximum absolute atomic E-state index is 12.2. The van der Waals surface area contributed by atoms with Crippen molar-refractivity contribution in [2.24, 2.45) is 11.7 Å². The molecular formula is C18H14ClN3O3. The zero-order valence-electron chi connectivity index (χ0n) is 13.1. The summed E-state index contributed by atoms with van der Waals surface area (Å²) in [7, 11) is 0. The van der Waals surface area contributed by atoms with Gasteiger partial charge in [-0.3, -0.25) is 9.59 Å². The third-order valence-electron chi connectivity index (χ3n) is 4.31. The number of carbonyl (C=O) groups excluding carboxylic acids is 2. The Morgan fingerprint density at radius 1 is 1.28 bits per heavy atom. The van der Waals surface area contributed by atoms with Gasteiger partial charge in [-0.2, -0.15) is 0 Å². The molecule has 25 heavy (non-hydrogen) atoms. The summed E-state index contributed by atoms with van der Waals surface area (Å²) in [5, 5.41) is 0.466. The van der Waals surface area contributed by atoms with Gasteiger partial charge < -0.3 is 15.1 Å². The highest BCUT2D eigenvalue weighted by atomic mass is 35.5. The molecule has 0 aliphatic carbocycles. The Hall–Kier alpha value is -2.86. The molecule has 7 heteroatoms. The fraction of sp³-hybridized carbons (Fsp3) is 0.167. The molecule has 4 rings (SSSR count). The van der Waals surface area contributed by atoms with Crippen LogP contribution in [0.25, 0.3) is 22.6 Å². The van der Waals surface area contributed by atoms with Gasteiger partial charge >= 0.3 is 0 Å². The number of fused-ring (bicyclic) bond motifs is 1. The summed E-state index contributed by atoms with van der Waals surface area (Å²) in [6.45, 7) is 0.267. The molecule has 0 saturated carbocycles. The number of hydrogen-bond acceptors (Lipinski definition) is 4. The molecule has 0 unspecified atom stereocenters. The van der Waals surface area contributed by atoms with E-state index >= 15 is 0 Å². The number of oxazole rings is 1.